The van der Waals surface area contributed by atoms with Gasteiger partial charge in [-0.05, 0) is 20.8 Å². The Morgan fingerprint density at radius 2 is 1.88 bits per heavy atom. The fourth-order valence-electron chi connectivity index (χ4n) is 1.69. The Morgan fingerprint density at radius 3 is 2.29 bits per heavy atom. The Bertz CT molecular complexity index is 314. The summed E-state index contributed by atoms with van der Waals surface area (Å²) in [6, 6.07) is -0.256. The first kappa shape index (κ1) is 13.8. The molecule has 0 unspecified atom stereocenters. The average molecular weight is 245 g/mol. The Balaban J connectivity index is 2.35. The second-order valence-electron chi connectivity index (χ2n) is 5.27. The van der Waals surface area contributed by atoms with E-state index in [-0.39, 0.29) is 18.9 Å². The quantitative estimate of drug-likeness (QED) is 0.695. The van der Waals surface area contributed by atoms with Gasteiger partial charge in [0.1, 0.15) is 5.60 Å². The van der Waals surface area contributed by atoms with Crippen molar-refractivity contribution in [2.75, 3.05) is 7.11 Å². The van der Waals surface area contributed by atoms with E-state index < -0.39 is 23.3 Å². The summed E-state index contributed by atoms with van der Waals surface area (Å²) in [7, 11) is 1.22. The van der Waals surface area contributed by atoms with E-state index in [1.807, 2.05) is 0 Å². The van der Waals surface area contributed by atoms with Crippen molar-refractivity contribution in [2.24, 2.45) is 0 Å². The van der Waals surface area contributed by atoms with E-state index in [1.165, 1.54) is 7.11 Å². The lowest BCUT2D eigenvalue weighted by molar-refractivity contribution is -0.174. The zero-order valence-electron chi connectivity index (χ0n) is 10.6. The molecule has 0 aromatic heterocycles. The number of amides is 1. The summed E-state index contributed by atoms with van der Waals surface area (Å²) in [6.07, 6.45) is -0.243. The number of carbonyl (C=O) groups is 2. The normalized spacial score (nSPS) is 27.9. The maximum Gasteiger partial charge on any atom is 0.407 e. The van der Waals surface area contributed by atoms with Crippen LogP contribution in [0, 0.1) is 0 Å². The van der Waals surface area contributed by atoms with Crippen molar-refractivity contribution in [2.45, 2.75) is 50.9 Å². The summed E-state index contributed by atoms with van der Waals surface area (Å²) >= 11 is 0. The van der Waals surface area contributed by atoms with Crippen LogP contribution in [0.3, 0.4) is 0 Å². The molecular weight excluding hydrogens is 226 g/mol. The Hall–Kier alpha value is -1.30. The highest BCUT2D eigenvalue weighted by Crippen LogP contribution is 2.33. The molecule has 6 heteroatoms. The van der Waals surface area contributed by atoms with Gasteiger partial charge in [0.2, 0.25) is 0 Å². The molecule has 2 N–H and O–H groups in total. The zero-order chi connectivity index (χ0) is 13.3. The maximum atomic E-state index is 11.4. The highest BCUT2D eigenvalue weighted by molar-refractivity contribution is 5.81. The standard InChI is InChI=1S/C11H19NO5/c1-10(2,3)17-9(14)12-7-5-11(15,6-7)8(13)16-4/h7,15H,5-6H2,1-4H3,(H,12,14). The third kappa shape index (κ3) is 3.59. The number of esters is 1. The van der Waals surface area contributed by atoms with Gasteiger partial charge < -0.3 is 19.9 Å². The average Bonchev–Trinajstić information content (AvgIpc) is 2.10. The minimum absolute atomic E-state index is 0.152. The maximum absolute atomic E-state index is 11.4. The number of carbonyl (C=O) groups excluding carboxylic acids is 2. The van der Waals surface area contributed by atoms with Crippen LogP contribution in [0.25, 0.3) is 0 Å². The van der Waals surface area contributed by atoms with Crippen molar-refractivity contribution < 1.29 is 24.2 Å². The molecule has 1 amide bonds. The lowest BCUT2D eigenvalue weighted by atomic mass is 9.76. The number of alkyl carbamates (subject to hydrolysis) is 1. The molecule has 0 aromatic rings. The van der Waals surface area contributed by atoms with Crippen molar-refractivity contribution in [3.63, 3.8) is 0 Å². The molecule has 6 nitrogen and oxygen atoms in total. The smallest absolute Gasteiger partial charge is 0.407 e. The van der Waals surface area contributed by atoms with Crippen LogP contribution in [-0.4, -0.2) is 41.5 Å². The first-order chi connectivity index (χ1) is 7.66. The van der Waals surface area contributed by atoms with E-state index in [0.717, 1.165) is 0 Å². The van der Waals surface area contributed by atoms with Gasteiger partial charge in [0.05, 0.1) is 7.11 Å². The van der Waals surface area contributed by atoms with E-state index in [1.54, 1.807) is 20.8 Å². The van der Waals surface area contributed by atoms with Gasteiger partial charge in [-0.15, -0.1) is 0 Å². The summed E-state index contributed by atoms with van der Waals surface area (Å²) in [5.41, 5.74) is -2.03. The lowest BCUT2D eigenvalue weighted by Crippen LogP contribution is -2.59. The van der Waals surface area contributed by atoms with Crippen LogP contribution >= 0.6 is 0 Å². The molecule has 0 spiro atoms. The van der Waals surface area contributed by atoms with Crippen LogP contribution in [0.5, 0.6) is 0 Å². The molecule has 98 valence electrons. The molecule has 1 fully saturated rings. The van der Waals surface area contributed by atoms with Crippen molar-refractivity contribution in [1.29, 1.82) is 0 Å². The number of nitrogens with one attached hydrogen (secondary N) is 1. The molecule has 0 heterocycles. The van der Waals surface area contributed by atoms with Crippen LogP contribution in [0.4, 0.5) is 4.79 Å². The van der Waals surface area contributed by atoms with E-state index in [9.17, 15) is 14.7 Å². The Labute approximate surface area is 100 Å². The van der Waals surface area contributed by atoms with E-state index in [4.69, 9.17) is 4.74 Å². The molecule has 0 atom stereocenters. The molecule has 1 saturated carbocycles. The number of ether oxygens (including phenoxy) is 2. The summed E-state index contributed by atoms with van der Waals surface area (Å²) in [5.74, 6) is -0.667. The van der Waals surface area contributed by atoms with Crippen LogP contribution in [0.15, 0.2) is 0 Å². The summed E-state index contributed by atoms with van der Waals surface area (Å²) in [6.45, 7) is 5.29. The number of hydrogen-bond acceptors (Lipinski definition) is 5. The molecule has 1 rings (SSSR count). The van der Waals surface area contributed by atoms with Gasteiger partial charge in [0, 0.05) is 18.9 Å². The number of methoxy groups -OCH3 is 1. The summed E-state index contributed by atoms with van der Waals surface area (Å²) in [5, 5.41) is 12.3. The largest absolute Gasteiger partial charge is 0.467 e. The van der Waals surface area contributed by atoms with Crippen molar-refractivity contribution in [3.8, 4) is 0 Å². The van der Waals surface area contributed by atoms with Crippen molar-refractivity contribution in [3.05, 3.63) is 0 Å². The third-order valence-corrected chi connectivity index (χ3v) is 2.45. The Kier molecular flexibility index (Phi) is 3.66. The molecule has 0 bridgehead atoms. The van der Waals surface area contributed by atoms with Gasteiger partial charge in [-0.1, -0.05) is 0 Å². The highest BCUT2D eigenvalue weighted by atomic mass is 16.6. The highest BCUT2D eigenvalue weighted by Gasteiger charge is 2.50. The van der Waals surface area contributed by atoms with Gasteiger partial charge in [-0.3, -0.25) is 0 Å². The molecule has 0 saturated heterocycles. The van der Waals surface area contributed by atoms with Gasteiger partial charge in [-0.25, -0.2) is 9.59 Å². The molecule has 1 aliphatic rings. The minimum Gasteiger partial charge on any atom is -0.467 e. The second kappa shape index (κ2) is 4.52. The predicted octanol–water partition coefficient (Wildman–Crippen LogP) is 0.578. The molecule has 0 aliphatic heterocycles. The van der Waals surface area contributed by atoms with E-state index >= 15 is 0 Å². The van der Waals surface area contributed by atoms with Gasteiger partial charge in [0.15, 0.2) is 5.60 Å². The number of rotatable bonds is 2. The summed E-state index contributed by atoms with van der Waals surface area (Å²) < 4.78 is 9.51. The van der Waals surface area contributed by atoms with Crippen LogP contribution in [0.1, 0.15) is 33.6 Å². The second-order valence-corrected chi connectivity index (χ2v) is 5.27. The fraction of sp³-hybridized carbons (Fsp3) is 0.818. The van der Waals surface area contributed by atoms with Gasteiger partial charge >= 0.3 is 12.1 Å². The number of hydrogen-bond donors (Lipinski definition) is 2. The molecular formula is C11H19NO5. The molecule has 1 aliphatic carbocycles. The number of aliphatic hydroxyl groups is 1. The topological polar surface area (TPSA) is 84.9 Å². The van der Waals surface area contributed by atoms with Crippen molar-refractivity contribution in [1.82, 2.24) is 5.32 Å². The zero-order valence-corrected chi connectivity index (χ0v) is 10.6. The van der Waals surface area contributed by atoms with Gasteiger partial charge in [0.25, 0.3) is 0 Å². The third-order valence-electron chi connectivity index (χ3n) is 2.45. The van der Waals surface area contributed by atoms with E-state index in [0.29, 0.717) is 0 Å². The lowest BCUT2D eigenvalue weighted by Gasteiger charge is -2.41. The van der Waals surface area contributed by atoms with Crippen LogP contribution in [0.2, 0.25) is 0 Å². The molecule has 0 radical (unpaired) electrons. The monoisotopic (exact) mass is 245 g/mol. The first-order valence-electron chi connectivity index (χ1n) is 5.46. The minimum atomic E-state index is -1.46. The van der Waals surface area contributed by atoms with Crippen LogP contribution < -0.4 is 5.32 Å². The van der Waals surface area contributed by atoms with Crippen LogP contribution in [-0.2, 0) is 14.3 Å². The summed E-state index contributed by atoms with van der Waals surface area (Å²) in [4.78, 5) is 22.5. The predicted molar refractivity (Wildman–Crippen MR) is 59.4 cm³/mol. The fourth-order valence-corrected chi connectivity index (χ4v) is 1.69. The molecule has 0 aromatic carbocycles. The Morgan fingerprint density at radius 1 is 1.35 bits per heavy atom. The first-order valence-corrected chi connectivity index (χ1v) is 5.46. The molecule has 17 heavy (non-hydrogen) atoms. The SMILES string of the molecule is COC(=O)C1(O)CC(NC(=O)OC(C)(C)C)C1. The van der Waals surface area contributed by atoms with E-state index in [2.05, 4.69) is 10.1 Å². The van der Waals surface area contributed by atoms with Gasteiger partial charge in [-0.2, -0.15) is 0 Å². The van der Waals surface area contributed by atoms with Crippen molar-refractivity contribution >= 4 is 12.1 Å².